The molecule has 0 saturated carbocycles. The van der Waals surface area contributed by atoms with Crippen molar-refractivity contribution < 1.29 is 0 Å². The van der Waals surface area contributed by atoms with E-state index in [-0.39, 0.29) is 0 Å². The van der Waals surface area contributed by atoms with Gasteiger partial charge in [0.25, 0.3) is 0 Å². The monoisotopic (exact) mass is 289 g/mol. The van der Waals surface area contributed by atoms with Gasteiger partial charge in [-0.25, -0.2) is 0 Å². The molecule has 2 heterocycles. The van der Waals surface area contributed by atoms with Crippen molar-refractivity contribution in [2.24, 2.45) is 10.9 Å². The summed E-state index contributed by atoms with van der Waals surface area (Å²) in [5.74, 6) is 1.74. The first-order valence-electron chi connectivity index (χ1n) is 7.62. The zero-order valence-corrected chi connectivity index (χ0v) is 13.7. The Morgan fingerprint density at radius 2 is 1.71 bits per heavy atom. The zero-order valence-electron chi connectivity index (χ0n) is 13.7. The lowest BCUT2D eigenvalue weighted by Crippen LogP contribution is -2.37. The minimum atomic E-state index is 0.693. The molecular weight excluding hydrogens is 262 g/mol. The Morgan fingerprint density at radius 3 is 2.24 bits per heavy atom. The molecule has 0 unspecified atom stereocenters. The van der Waals surface area contributed by atoms with Gasteiger partial charge in [0.05, 0.1) is 0 Å². The summed E-state index contributed by atoms with van der Waals surface area (Å²) in [5, 5.41) is 0. The average Bonchev–Trinajstić information content (AvgIpc) is 2.48. The highest BCUT2D eigenvalue weighted by atomic mass is 15.3. The molecule has 0 bridgehead atoms. The molecule has 0 amide bonds. The topological polar surface area (TPSA) is 35.0 Å². The van der Waals surface area contributed by atoms with Crippen molar-refractivity contribution in [2.75, 3.05) is 52.7 Å². The number of piperidine rings is 1. The minimum Gasteiger partial charge on any atom is -0.371 e. The van der Waals surface area contributed by atoms with E-state index in [0.717, 1.165) is 25.6 Å². The van der Waals surface area contributed by atoms with E-state index in [4.69, 9.17) is 4.99 Å². The average molecular weight is 289 g/mol. The van der Waals surface area contributed by atoms with E-state index in [1.54, 1.807) is 0 Å². The van der Waals surface area contributed by atoms with E-state index >= 15 is 0 Å². The van der Waals surface area contributed by atoms with E-state index in [9.17, 15) is 0 Å². The second kappa shape index (κ2) is 7.29. The molecule has 1 fully saturated rings. The highest BCUT2D eigenvalue weighted by molar-refractivity contribution is 5.79. The molecule has 21 heavy (non-hydrogen) atoms. The van der Waals surface area contributed by atoms with Gasteiger partial charge < -0.3 is 14.7 Å². The predicted octanol–water partition coefficient (Wildman–Crippen LogP) is 1.78. The second-order valence-electron chi connectivity index (χ2n) is 6.07. The van der Waals surface area contributed by atoms with Gasteiger partial charge in [0.1, 0.15) is 0 Å². The first-order valence-corrected chi connectivity index (χ1v) is 7.62. The van der Waals surface area contributed by atoms with Gasteiger partial charge in [0.2, 0.25) is 0 Å². The Balaban J connectivity index is 1.86. The number of hydrogen-bond donors (Lipinski definition) is 0. The van der Waals surface area contributed by atoms with E-state index in [1.165, 1.54) is 18.5 Å². The Bertz CT molecular complexity index is 437. The fourth-order valence-corrected chi connectivity index (χ4v) is 2.82. The first-order chi connectivity index (χ1) is 10.1. The number of aliphatic imine (C=N–C) groups is 1. The lowest BCUT2D eigenvalue weighted by molar-refractivity contribution is 0.406. The van der Waals surface area contributed by atoms with Gasteiger partial charge in [-0.1, -0.05) is 0 Å². The summed E-state index contributed by atoms with van der Waals surface area (Å²) < 4.78 is 0. The van der Waals surface area contributed by atoms with Crippen molar-refractivity contribution in [3.8, 4) is 0 Å². The summed E-state index contributed by atoms with van der Waals surface area (Å²) in [5.41, 5.74) is 1.29. The second-order valence-corrected chi connectivity index (χ2v) is 6.07. The molecule has 116 valence electrons. The van der Waals surface area contributed by atoms with Crippen LogP contribution in [-0.4, -0.2) is 68.6 Å². The normalized spacial score (nSPS) is 15.7. The van der Waals surface area contributed by atoms with Crippen LogP contribution in [0.5, 0.6) is 0 Å². The third-order valence-corrected chi connectivity index (χ3v) is 3.93. The van der Waals surface area contributed by atoms with Crippen molar-refractivity contribution in [1.29, 1.82) is 0 Å². The number of hydrogen-bond acceptors (Lipinski definition) is 3. The SMILES string of the molecule is CN(C)C(=NCC1CCN(c2ccncc2)CC1)N(C)C. The van der Waals surface area contributed by atoms with Crippen molar-refractivity contribution in [3.63, 3.8) is 0 Å². The first kappa shape index (κ1) is 15.6. The Morgan fingerprint density at radius 1 is 1.14 bits per heavy atom. The van der Waals surface area contributed by atoms with E-state index < -0.39 is 0 Å². The molecule has 5 heteroatoms. The molecule has 2 rings (SSSR count). The highest BCUT2D eigenvalue weighted by Gasteiger charge is 2.19. The number of anilines is 1. The Kier molecular flexibility index (Phi) is 5.42. The molecular formula is C16H27N5. The fourth-order valence-electron chi connectivity index (χ4n) is 2.82. The summed E-state index contributed by atoms with van der Waals surface area (Å²) in [4.78, 5) is 15.5. The molecule has 0 atom stereocenters. The summed E-state index contributed by atoms with van der Waals surface area (Å²) in [6.45, 7) is 3.16. The summed E-state index contributed by atoms with van der Waals surface area (Å²) in [6, 6.07) is 4.18. The van der Waals surface area contributed by atoms with Crippen molar-refractivity contribution >= 4 is 11.6 Å². The highest BCUT2D eigenvalue weighted by Crippen LogP contribution is 2.22. The molecule has 1 aliphatic heterocycles. The fraction of sp³-hybridized carbons (Fsp3) is 0.625. The summed E-state index contributed by atoms with van der Waals surface area (Å²) in [7, 11) is 8.19. The lowest BCUT2D eigenvalue weighted by atomic mass is 9.96. The molecule has 1 aliphatic rings. The third kappa shape index (κ3) is 4.34. The number of rotatable bonds is 3. The van der Waals surface area contributed by atoms with Crippen molar-refractivity contribution in [2.45, 2.75) is 12.8 Å². The predicted molar refractivity (Wildman–Crippen MR) is 88.9 cm³/mol. The number of aromatic nitrogens is 1. The van der Waals surface area contributed by atoms with Crippen LogP contribution in [0.1, 0.15) is 12.8 Å². The maximum absolute atomic E-state index is 4.78. The van der Waals surface area contributed by atoms with Crippen LogP contribution >= 0.6 is 0 Å². The molecule has 1 aromatic rings. The largest absolute Gasteiger partial charge is 0.371 e. The molecule has 1 saturated heterocycles. The van der Waals surface area contributed by atoms with Gasteiger partial charge >= 0.3 is 0 Å². The van der Waals surface area contributed by atoms with Crippen molar-refractivity contribution in [1.82, 2.24) is 14.8 Å². The van der Waals surface area contributed by atoms with Crippen LogP contribution in [0.15, 0.2) is 29.5 Å². The zero-order chi connectivity index (χ0) is 15.2. The summed E-state index contributed by atoms with van der Waals surface area (Å²) in [6.07, 6.45) is 6.15. The van der Waals surface area contributed by atoms with Gasteiger partial charge in [-0.05, 0) is 30.9 Å². The summed E-state index contributed by atoms with van der Waals surface area (Å²) >= 11 is 0. The van der Waals surface area contributed by atoms with Crippen LogP contribution < -0.4 is 4.90 Å². The molecule has 5 nitrogen and oxygen atoms in total. The van der Waals surface area contributed by atoms with Crippen LogP contribution in [-0.2, 0) is 0 Å². The van der Waals surface area contributed by atoms with E-state index in [0.29, 0.717) is 5.92 Å². The van der Waals surface area contributed by atoms with Crippen LogP contribution in [0.2, 0.25) is 0 Å². The number of pyridine rings is 1. The van der Waals surface area contributed by atoms with Crippen LogP contribution in [0.25, 0.3) is 0 Å². The maximum Gasteiger partial charge on any atom is 0.195 e. The molecule has 0 aromatic carbocycles. The molecule has 0 N–H and O–H groups in total. The third-order valence-electron chi connectivity index (χ3n) is 3.93. The van der Waals surface area contributed by atoms with Crippen LogP contribution in [0, 0.1) is 5.92 Å². The maximum atomic E-state index is 4.78. The molecule has 0 aliphatic carbocycles. The molecule has 0 radical (unpaired) electrons. The number of guanidine groups is 1. The van der Waals surface area contributed by atoms with Gasteiger partial charge in [0, 0.05) is 65.9 Å². The molecule has 0 spiro atoms. The quantitative estimate of drug-likeness (QED) is 0.627. The van der Waals surface area contributed by atoms with Gasteiger partial charge in [-0.3, -0.25) is 9.98 Å². The Labute approximate surface area is 128 Å². The van der Waals surface area contributed by atoms with Crippen molar-refractivity contribution in [3.05, 3.63) is 24.5 Å². The van der Waals surface area contributed by atoms with Gasteiger partial charge in [-0.2, -0.15) is 0 Å². The standard InChI is InChI=1S/C16H27N5/c1-19(2)16(20(3)4)18-13-14-7-11-21(12-8-14)15-5-9-17-10-6-15/h5-6,9-10,14H,7-8,11-13H2,1-4H3. The van der Waals surface area contributed by atoms with E-state index in [1.807, 2.05) is 40.6 Å². The lowest BCUT2D eigenvalue weighted by Gasteiger charge is -2.33. The molecule has 1 aromatic heterocycles. The van der Waals surface area contributed by atoms with Gasteiger partial charge in [0.15, 0.2) is 5.96 Å². The smallest absolute Gasteiger partial charge is 0.195 e. The van der Waals surface area contributed by atoms with Crippen LogP contribution in [0.4, 0.5) is 5.69 Å². The van der Waals surface area contributed by atoms with Crippen LogP contribution in [0.3, 0.4) is 0 Å². The Hall–Kier alpha value is -1.78. The number of nitrogens with zero attached hydrogens (tertiary/aromatic N) is 5. The van der Waals surface area contributed by atoms with E-state index in [2.05, 4.69) is 31.8 Å². The minimum absolute atomic E-state index is 0.693. The van der Waals surface area contributed by atoms with Gasteiger partial charge in [-0.15, -0.1) is 0 Å².